The van der Waals surface area contributed by atoms with E-state index in [-0.39, 0.29) is 5.69 Å². The summed E-state index contributed by atoms with van der Waals surface area (Å²) in [4.78, 5) is 16.4. The van der Waals surface area contributed by atoms with Gasteiger partial charge in [0.25, 0.3) is 5.91 Å². The molecule has 0 radical (unpaired) electrons. The van der Waals surface area contributed by atoms with E-state index < -0.39 is 17.5 Å². The van der Waals surface area contributed by atoms with Crippen LogP contribution in [0.3, 0.4) is 0 Å². The maximum atomic E-state index is 13.3. The number of amides is 1. The summed E-state index contributed by atoms with van der Waals surface area (Å²) in [7, 11) is 0. The highest BCUT2D eigenvalue weighted by atomic mass is 19.2. The molecule has 6 heteroatoms. The standard InChI is InChI=1S/C20H17F2N3O/c1-12-5-13(2)7-16(6-12)24-17-8-14(10-23-11-17)20(26)25-15-3-4-18(21)19(22)9-15/h3-11,24H,1-2H3,(H,25,26). The Morgan fingerprint density at radius 2 is 1.58 bits per heavy atom. The minimum atomic E-state index is -1.02. The van der Waals surface area contributed by atoms with E-state index in [0.29, 0.717) is 11.3 Å². The number of anilines is 3. The number of rotatable bonds is 4. The van der Waals surface area contributed by atoms with E-state index in [9.17, 15) is 13.6 Å². The fourth-order valence-corrected chi connectivity index (χ4v) is 2.62. The van der Waals surface area contributed by atoms with Gasteiger partial charge in [-0.05, 0) is 55.3 Å². The van der Waals surface area contributed by atoms with Crippen molar-refractivity contribution in [1.29, 1.82) is 0 Å². The quantitative estimate of drug-likeness (QED) is 0.696. The molecule has 0 fully saturated rings. The van der Waals surface area contributed by atoms with Gasteiger partial charge < -0.3 is 10.6 Å². The number of carbonyl (C=O) groups is 1. The molecule has 3 aromatic rings. The lowest BCUT2D eigenvalue weighted by atomic mass is 10.1. The van der Waals surface area contributed by atoms with Gasteiger partial charge in [-0.15, -0.1) is 0 Å². The third-order valence-electron chi connectivity index (χ3n) is 3.69. The summed E-state index contributed by atoms with van der Waals surface area (Å²) in [5.41, 5.74) is 4.24. The molecule has 0 atom stereocenters. The summed E-state index contributed by atoms with van der Waals surface area (Å²) in [6.45, 7) is 4.00. The largest absolute Gasteiger partial charge is 0.354 e. The zero-order chi connectivity index (χ0) is 18.7. The number of hydrogen-bond donors (Lipinski definition) is 2. The average Bonchev–Trinajstić information content (AvgIpc) is 2.57. The number of aromatic nitrogens is 1. The summed E-state index contributed by atoms with van der Waals surface area (Å²) >= 11 is 0. The molecule has 0 saturated carbocycles. The van der Waals surface area contributed by atoms with Gasteiger partial charge in [0.2, 0.25) is 0 Å². The van der Waals surface area contributed by atoms with Crippen molar-refractivity contribution in [3.8, 4) is 0 Å². The van der Waals surface area contributed by atoms with Gasteiger partial charge in [-0.1, -0.05) is 6.07 Å². The van der Waals surface area contributed by atoms with E-state index in [4.69, 9.17) is 0 Å². The molecule has 4 nitrogen and oxygen atoms in total. The Labute approximate surface area is 149 Å². The SMILES string of the molecule is Cc1cc(C)cc(Nc2cncc(C(=O)Nc3ccc(F)c(F)c3)c2)c1. The highest BCUT2D eigenvalue weighted by Gasteiger charge is 2.10. The van der Waals surface area contributed by atoms with E-state index in [1.807, 2.05) is 26.0 Å². The smallest absolute Gasteiger partial charge is 0.257 e. The third kappa shape index (κ3) is 4.22. The molecule has 0 aliphatic carbocycles. The van der Waals surface area contributed by atoms with Gasteiger partial charge in [-0.25, -0.2) is 8.78 Å². The summed E-state index contributed by atoms with van der Waals surface area (Å²) in [6.07, 6.45) is 3.01. The molecule has 0 bridgehead atoms. The van der Waals surface area contributed by atoms with Gasteiger partial charge in [-0.2, -0.15) is 0 Å². The third-order valence-corrected chi connectivity index (χ3v) is 3.69. The lowest BCUT2D eigenvalue weighted by molar-refractivity contribution is 0.102. The first kappa shape index (κ1) is 17.5. The Kier molecular flexibility index (Phi) is 4.93. The van der Waals surface area contributed by atoms with Crippen molar-refractivity contribution in [3.63, 3.8) is 0 Å². The fraction of sp³-hybridized carbons (Fsp3) is 0.100. The molecule has 1 amide bonds. The Morgan fingerprint density at radius 1 is 0.846 bits per heavy atom. The molecule has 0 spiro atoms. The summed E-state index contributed by atoms with van der Waals surface area (Å²) in [6, 6.07) is 10.9. The summed E-state index contributed by atoms with van der Waals surface area (Å²) in [5.74, 6) is -2.46. The van der Waals surface area contributed by atoms with E-state index in [0.717, 1.165) is 28.9 Å². The van der Waals surface area contributed by atoms with Crippen LogP contribution in [0, 0.1) is 25.5 Å². The van der Waals surface area contributed by atoms with Crippen LogP contribution in [-0.2, 0) is 0 Å². The zero-order valence-electron chi connectivity index (χ0n) is 14.3. The predicted molar refractivity (Wildman–Crippen MR) is 97.7 cm³/mol. The average molecular weight is 353 g/mol. The molecule has 26 heavy (non-hydrogen) atoms. The monoisotopic (exact) mass is 353 g/mol. The van der Waals surface area contributed by atoms with Crippen LogP contribution in [0.4, 0.5) is 25.8 Å². The topological polar surface area (TPSA) is 54.0 Å². The Bertz CT molecular complexity index is 953. The molecule has 0 aliphatic rings. The summed E-state index contributed by atoms with van der Waals surface area (Å²) < 4.78 is 26.2. The van der Waals surface area contributed by atoms with Crippen LogP contribution in [0.5, 0.6) is 0 Å². The van der Waals surface area contributed by atoms with E-state index >= 15 is 0 Å². The molecule has 3 rings (SSSR count). The second-order valence-corrected chi connectivity index (χ2v) is 6.05. The highest BCUT2D eigenvalue weighted by Crippen LogP contribution is 2.20. The number of pyridine rings is 1. The predicted octanol–water partition coefficient (Wildman–Crippen LogP) is 4.97. The molecular weight excluding hydrogens is 336 g/mol. The maximum absolute atomic E-state index is 13.3. The first-order chi connectivity index (χ1) is 12.4. The van der Waals surface area contributed by atoms with Gasteiger partial charge in [0.15, 0.2) is 11.6 Å². The highest BCUT2D eigenvalue weighted by molar-refractivity contribution is 6.04. The lowest BCUT2D eigenvalue weighted by Gasteiger charge is -2.10. The number of aryl methyl sites for hydroxylation is 2. The van der Waals surface area contributed by atoms with Crippen molar-refractivity contribution < 1.29 is 13.6 Å². The zero-order valence-corrected chi connectivity index (χ0v) is 14.3. The number of carbonyl (C=O) groups excluding carboxylic acids is 1. The number of benzene rings is 2. The van der Waals surface area contributed by atoms with Crippen molar-refractivity contribution in [1.82, 2.24) is 4.98 Å². The van der Waals surface area contributed by atoms with Crippen molar-refractivity contribution in [2.24, 2.45) is 0 Å². The van der Waals surface area contributed by atoms with Crippen molar-refractivity contribution in [3.05, 3.63) is 83.2 Å². The van der Waals surface area contributed by atoms with Crippen LogP contribution in [0.15, 0.2) is 54.9 Å². The first-order valence-electron chi connectivity index (χ1n) is 7.97. The van der Waals surface area contributed by atoms with E-state index in [1.165, 1.54) is 12.3 Å². The van der Waals surface area contributed by atoms with Crippen LogP contribution >= 0.6 is 0 Å². The van der Waals surface area contributed by atoms with Crippen LogP contribution < -0.4 is 10.6 Å². The van der Waals surface area contributed by atoms with Crippen molar-refractivity contribution in [2.75, 3.05) is 10.6 Å². The first-order valence-corrected chi connectivity index (χ1v) is 7.97. The van der Waals surface area contributed by atoms with E-state index in [2.05, 4.69) is 21.7 Å². The molecule has 2 aromatic carbocycles. The number of halogens is 2. The van der Waals surface area contributed by atoms with Gasteiger partial charge in [0, 0.05) is 23.6 Å². The Hall–Kier alpha value is -3.28. The van der Waals surface area contributed by atoms with Crippen LogP contribution in [0.2, 0.25) is 0 Å². The van der Waals surface area contributed by atoms with Gasteiger partial charge in [0.05, 0.1) is 17.4 Å². The Balaban J connectivity index is 1.77. The minimum Gasteiger partial charge on any atom is -0.354 e. The Morgan fingerprint density at radius 3 is 2.27 bits per heavy atom. The van der Waals surface area contributed by atoms with Crippen LogP contribution in [-0.4, -0.2) is 10.9 Å². The second kappa shape index (κ2) is 7.31. The van der Waals surface area contributed by atoms with Crippen LogP contribution in [0.25, 0.3) is 0 Å². The van der Waals surface area contributed by atoms with E-state index in [1.54, 1.807) is 12.3 Å². The molecule has 132 valence electrons. The molecule has 0 aliphatic heterocycles. The number of hydrogen-bond acceptors (Lipinski definition) is 3. The molecule has 0 unspecified atom stereocenters. The van der Waals surface area contributed by atoms with Crippen molar-refractivity contribution in [2.45, 2.75) is 13.8 Å². The molecule has 1 heterocycles. The molecular formula is C20H17F2N3O. The fourth-order valence-electron chi connectivity index (χ4n) is 2.62. The second-order valence-electron chi connectivity index (χ2n) is 6.05. The number of nitrogens with zero attached hydrogens (tertiary/aromatic N) is 1. The normalized spacial score (nSPS) is 10.5. The van der Waals surface area contributed by atoms with Gasteiger partial charge >= 0.3 is 0 Å². The van der Waals surface area contributed by atoms with Crippen molar-refractivity contribution >= 4 is 23.0 Å². The van der Waals surface area contributed by atoms with Crippen LogP contribution in [0.1, 0.15) is 21.5 Å². The molecule has 1 aromatic heterocycles. The number of nitrogens with one attached hydrogen (secondary N) is 2. The van der Waals surface area contributed by atoms with Gasteiger partial charge in [0.1, 0.15) is 0 Å². The summed E-state index contributed by atoms with van der Waals surface area (Å²) in [5, 5.41) is 5.73. The minimum absolute atomic E-state index is 0.168. The maximum Gasteiger partial charge on any atom is 0.257 e. The molecule has 0 saturated heterocycles. The van der Waals surface area contributed by atoms with Gasteiger partial charge in [-0.3, -0.25) is 9.78 Å². The lowest BCUT2D eigenvalue weighted by Crippen LogP contribution is -2.12. The molecule has 2 N–H and O–H groups in total.